The van der Waals surface area contributed by atoms with Crippen LogP contribution in [0.1, 0.15) is 67.7 Å². The zero-order valence-electron chi connectivity index (χ0n) is 13.6. The summed E-state index contributed by atoms with van der Waals surface area (Å²) in [4.78, 5) is 0. The molecule has 4 unspecified atom stereocenters. The summed E-state index contributed by atoms with van der Waals surface area (Å²) >= 11 is 0. The first-order valence-corrected chi connectivity index (χ1v) is 8.72. The van der Waals surface area contributed by atoms with Gasteiger partial charge in [-0.05, 0) is 62.0 Å². The summed E-state index contributed by atoms with van der Waals surface area (Å²) < 4.78 is 0. The van der Waals surface area contributed by atoms with Gasteiger partial charge in [-0.2, -0.15) is 0 Å². The van der Waals surface area contributed by atoms with Crippen LogP contribution in [0.15, 0.2) is 18.2 Å². The van der Waals surface area contributed by atoms with Crippen LogP contribution in [0.25, 0.3) is 0 Å². The molecule has 0 aliphatic heterocycles. The SMILES string of the molecule is Cc1ccc(C)c(C(NN)C2CCC3CCCCC3C2)c1. The number of nitrogens with one attached hydrogen (secondary N) is 1. The van der Waals surface area contributed by atoms with Crippen molar-refractivity contribution in [3.05, 3.63) is 34.9 Å². The highest BCUT2D eigenvalue weighted by Crippen LogP contribution is 2.46. The van der Waals surface area contributed by atoms with Gasteiger partial charge in [0.25, 0.3) is 0 Å². The molecule has 3 N–H and O–H groups in total. The molecule has 2 aliphatic rings. The quantitative estimate of drug-likeness (QED) is 0.638. The maximum absolute atomic E-state index is 5.97. The van der Waals surface area contributed by atoms with Crippen molar-refractivity contribution in [2.75, 3.05) is 0 Å². The number of hydrogen-bond donors (Lipinski definition) is 2. The van der Waals surface area contributed by atoms with Crippen LogP contribution >= 0.6 is 0 Å². The van der Waals surface area contributed by atoms with E-state index in [0.29, 0.717) is 12.0 Å². The van der Waals surface area contributed by atoms with E-state index in [0.717, 1.165) is 11.8 Å². The second-order valence-corrected chi connectivity index (χ2v) is 7.38. The first-order chi connectivity index (χ1) is 10.2. The predicted molar refractivity (Wildman–Crippen MR) is 88.8 cm³/mol. The van der Waals surface area contributed by atoms with E-state index in [-0.39, 0.29) is 0 Å². The lowest BCUT2D eigenvalue weighted by molar-refractivity contribution is 0.109. The average Bonchev–Trinajstić information content (AvgIpc) is 2.51. The largest absolute Gasteiger partial charge is 0.271 e. The Hall–Kier alpha value is -0.860. The molecule has 0 amide bonds. The first-order valence-electron chi connectivity index (χ1n) is 8.72. The van der Waals surface area contributed by atoms with Gasteiger partial charge < -0.3 is 0 Å². The number of hydrogen-bond acceptors (Lipinski definition) is 2. The number of fused-ring (bicyclic) bond motifs is 1. The van der Waals surface area contributed by atoms with Crippen LogP contribution in [0, 0.1) is 31.6 Å². The van der Waals surface area contributed by atoms with Gasteiger partial charge in [0.1, 0.15) is 0 Å². The van der Waals surface area contributed by atoms with E-state index in [2.05, 4.69) is 37.5 Å². The monoisotopic (exact) mass is 286 g/mol. The summed E-state index contributed by atoms with van der Waals surface area (Å²) in [5.41, 5.74) is 7.27. The molecule has 21 heavy (non-hydrogen) atoms. The summed E-state index contributed by atoms with van der Waals surface area (Å²) in [5, 5.41) is 0. The van der Waals surface area contributed by atoms with Gasteiger partial charge in [-0.3, -0.25) is 11.3 Å². The average molecular weight is 286 g/mol. The Kier molecular flexibility index (Phi) is 4.66. The number of nitrogens with two attached hydrogens (primary N) is 1. The third-order valence-corrected chi connectivity index (χ3v) is 6.00. The summed E-state index contributed by atoms with van der Waals surface area (Å²) in [6.45, 7) is 4.39. The van der Waals surface area contributed by atoms with Crippen molar-refractivity contribution in [1.82, 2.24) is 5.43 Å². The highest BCUT2D eigenvalue weighted by molar-refractivity contribution is 5.33. The van der Waals surface area contributed by atoms with E-state index in [9.17, 15) is 0 Å². The van der Waals surface area contributed by atoms with Gasteiger partial charge in [0.2, 0.25) is 0 Å². The van der Waals surface area contributed by atoms with E-state index < -0.39 is 0 Å². The molecule has 2 heteroatoms. The van der Waals surface area contributed by atoms with Crippen LogP contribution in [0.3, 0.4) is 0 Å². The molecular formula is C19H30N2. The lowest BCUT2D eigenvalue weighted by Gasteiger charge is -2.42. The van der Waals surface area contributed by atoms with Crippen molar-refractivity contribution in [2.45, 2.75) is 64.8 Å². The molecule has 2 fully saturated rings. The summed E-state index contributed by atoms with van der Waals surface area (Å²) in [6, 6.07) is 7.09. The smallest absolute Gasteiger partial charge is 0.0490 e. The number of hydrazine groups is 1. The predicted octanol–water partition coefficient (Wildman–Crippen LogP) is 4.41. The van der Waals surface area contributed by atoms with Gasteiger partial charge in [-0.1, -0.05) is 49.4 Å². The minimum absolute atomic E-state index is 0.327. The van der Waals surface area contributed by atoms with Crippen molar-refractivity contribution in [3.63, 3.8) is 0 Å². The van der Waals surface area contributed by atoms with Crippen molar-refractivity contribution in [3.8, 4) is 0 Å². The molecule has 0 bridgehead atoms. The van der Waals surface area contributed by atoms with Crippen molar-refractivity contribution in [1.29, 1.82) is 0 Å². The van der Waals surface area contributed by atoms with Gasteiger partial charge >= 0.3 is 0 Å². The highest BCUT2D eigenvalue weighted by Gasteiger charge is 2.35. The summed E-state index contributed by atoms with van der Waals surface area (Å²) in [7, 11) is 0. The molecule has 4 atom stereocenters. The Morgan fingerprint density at radius 2 is 1.81 bits per heavy atom. The zero-order valence-corrected chi connectivity index (χ0v) is 13.6. The molecule has 0 radical (unpaired) electrons. The van der Waals surface area contributed by atoms with Crippen LogP contribution in [0.4, 0.5) is 0 Å². The third-order valence-electron chi connectivity index (χ3n) is 6.00. The molecule has 2 aliphatic carbocycles. The number of rotatable bonds is 3. The molecule has 116 valence electrons. The van der Waals surface area contributed by atoms with E-state index in [1.807, 2.05) is 0 Å². The molecule has 0 saturated heterocycles. The highest BCUT2D eigenvalue weighted by atomic mass is 15.2. The van der Waals surface area contributed by atoms with Crippen LogP contribution in [0.2, 0.25) is 0 Å². The Balaban J connectivity index is 1.78. The zero-order chi connectivity index (χ0) is 14.8. The fraction of sp³-hybridized carbons (Fsp3) is 0.684. The summed E-state index contributed by atoms with van der Waals surface area (Å²) in [6.07, 6.45) is 9.95. The van der Waals surface area contributed by atoms with Crippen molar-refractivity contribution < 1.29 is 0 Å². The standard InChI is InChI=1S/C19H30N2/c1-13-7-8-14(2)18(11-13)19(21-20)17-10-9-15-5-3-4-6-16(15)12-17/h7-8,11,15-17,19,21H,3-6,9-10,12,20H2,1-2H3. The normalized spacial score (nSPS) is 30.7. The minimum Gasteiger partial charge on any atom is -0.271 e. The topological polar surface area (TPSA) is 38.0 Å². The van der Waals surface area contributed by atoms with Crippen LogP contribution in [0.5, 0.6) is 0 Å². The van der Waals surface area contributed by atoms with Crippen molar-refractivity contribution >= 4 is 0 Å². The molecule has 0 spiro atoms. The molecule has 3 rings (SSSR count). The van der Waals surface area contributed by atoms with Gasteiger partial charge in [0.15, 0.2) is 0 Å². The molecule has 2 nitrogen and oxygen atoms in total. The maximum atomic E-state index is 5.97. The molecular weight excluding hydrogens is 256 g/mol. The molecule has 1 aromatic rings. The minimum atomic E-state index is 0.327. The second kappa shape index (κ2) is 6.50. The molecule has 1 aromatic carbocycles. The molecule has 0 heterocycles. The fourth-order valence-electron chi connectivity index (χ4n) is 4.79. The van der Waals surface area contributed by atoms with E-state index in [1.165, 1.54) is 61.6 Å². The van der Waals surface area contributed by atoms with Gasteiger partial charge in [-0.15, -0.1) is 0 Å². The van der Waals surface area contributed by atoms with E-state index in [4.69, 9.17) is 5.84 Å². The maximum Gasteiger partial charge on any atom is 0.0490 e. The van der Waals surface area contributed by atoms with Crippen LogP contribution in [-0.2, 0) is 0 Å². The third kappa shape index (κ3) is 3.17. The number of benzene rings is 1. The van der Waals surface area contributed by atoms with Crippen molar-refractivity contribution in [2.24, 2.45) is 23.6 Å². The Labute approximate surface area is 129 Å². The Morgan fingerprint density at radius 3 is 2.57 bits per heavy atom. The number of aryl methyl sites for hydroxylation is 2. The first kappa shape index (κ1) is 15.1. The van der Waals surface area contributed by atoms with Gasteiger partial charge in [0, 0.05) is 6.04 Å². The summed E-state index contributed by atoms with van der Waals surface area (Å²) in [5.74, 6) is 8.64. The fourth-order valence-corrected chi connectivity index (χ4v) is 4.79. The van der Waals surface area contributed by atoms with Crippen LogP contribution in [-0.4, -0.2) is 0 Å². The van der Waals surface area contributed by atoms with E-state index >= 15 is 0 Å². The lowest BCUT2D eigenvalue weighted by atomic mass is 9.65. The molecule has 0 aromatic heterocycles. The van der Waals surface area contributed by atoms with Gasteiger partial charge in [-0.25, -0.2) is 0 Å². The van der Waals surface area contributed by atoms with Crippen LogP contribution < -0.4 is 11.3 Å². The lowest BCUT2D eigenvalue weighted by Crippen LogP contribution is -2.38. The Morgan fingerprint density at radius 1 is 1.05 bits per heavy atom. The molecule has 2 saturated carbocycles. The Bertz CT molecular complexity index is 482. The van der Waals surface area contributed by atoms with Gasteiger partial charge in [0.05, 0.1) is 0 Å². The second-order valence-electron chi connectivity index (χ2n) is 7.38. The van der Waals surface area contributed by atoms with E-state index in [1.54, 1.807) is 0 Å².